The van der Waals surface area contributed by atoms with E-state index < -0.39 is 0 Å². The Bertz CT molecular complexity index is 1010. The lowest BCUT2D eigenvalue weighted by Crippen LogP contribution is -2.33. The van der Waals surface area contributed by atoms with Gasteiger partial charge in [-0.15, -0.1) is 0 Å². The fourth-order valence-electron chi connectivity index (χ4n) is 5.07. The fraction of sp³-hybridized carbons (Fsp3) is 0.423. The lowest BCUT2D eigenvalue weighted by Gasteiger charge is -2.25. The molecule has 1 aliphatic heterocycles. The van der Waals surface area contributed by atoms with Crippen LogP contribution >= 0.6 is 0 Å². The predicted octanol–water partition coefficient (Wildman–Crippen LogP) is 4.99. The molecule has 0 aromatic heterocycles. The summed E-state index contributed by atoms with van der Waals surface area (Å²) < 4.78 is 0. The number of benzene rings is 2. The van der Waals surface area contributed by atoms with Crippen LogP contribution in [0.3, 0.4) is 0 Å². The van der Waals surface area contributed by atoms with E-state index >= 15 is 0 Å². The molecule has 4 rings (SSSR count). The Balaban J connectivity index is 1.68. The minimum absolute atomic E-state index is 0.162. The molecule has 5 nitrogen and oxygen atoms in total. The summed E-state index contributed by atoms with van der Waals surface area (Å²) in [7, 11) is 0. The van der Waals surface area contributed by atoms with Crippen molar-refractivity contribution in [3.8, 4) is 0 Å². The van der Waals surface area contributed by atoms with Gasteiger partial charge in [0.2, 0.25) is 11.8 Å². The number of imide groups is 1. The second-order valence-electron chi connectivity index (χ2n) is 8.77. The zero-order valence-corrected chi connectivity index (χ0v) is 18.5. The van der Waals surface area contributed by atoms with E-state index in [1.165, 1.54) is 4.90 Å². The van der Waals surface area contributed by atoms with Crippen molar-refractivity contribution < 1.29 is 14.4 Å². The lowest BCUT2D eigenvalue weighted by atomic mass is 9.76. The van der Waals surface area contributed by atoms with Gasteiger partial charge in [0.05, 0.1) is 23.1 Å². The molecule has 2 aliphatic rings. The van der Waals surface area contributed by atoms with Crippen molar-refractivity contribution in [2.24, 2.45) is 17.8 Å². The van der Waals surface area contributed by atoms with Crippen LogP contribution < -0.4 is 10.2 Å². The number of rotatable bonds is 5. The topological polar surface area (TPSA) is 66.5 Å². The molecule has 0 unspecified atom stereocenters. The zero-order chi connectivity index (χ0) is 22.1. The first-order valence-corrected chi connectivity index (χ1v) is 11.3. The third-order valence-corrected chi connectivity index (χ3v) is 6.81. The van der Waals surface area contributed by atoms with E-state index in [-0.39, 0.29) is 29.6 Å². The number of fused-ring (bicyclic) bond motifs is 1. The van der Waals surface area contributed by atoms with Crippen molar-refractivity contribution in [3.63, 3.8) is 0 Å². The molecule has 1 saturated heterocycles. The van der Waals surface area contributed by atoms with E-state index in [1.807, 2.05) is 18.2 Å². The van der Waals surface area contributed by atoms with Crippen LogP contribution in [-0.4, -0.2) is 17.7 Å². The average Bonchev–Trinajstić information content (AvgIpc) is 3.03. The molecule has 5 heteroatoms. The number of hydrogen-bond acceptors (Lipinski definition) is 3. The Morgan fingerprint density at radius 1 is 0.935 bits per heavy atom. The Kier molecular flexibility index (Phi) is 5.94. The van der Waals surface area contributed by atoms with Crippen LogP contribution in [0.4, 0.5) is 11.4 Å². The standard InChI is InChI=1S/C26H30N2O3/c1-4-17-9-8-10-18(5-2)23(17)27-24(29)20-11-6-7-12-22(20)28-25(30)19-14-13-16(3)15-21(19)26(28)31/h6-12,16,19,21H,4-5,13-15H2,1-3H3,(H,27,29)/t16-,19+,21+/m0/s1. The normalized spacial score (nSPS) is 23.1. The number of nitrogens with one attached hydrogen (secondary N) is 1. The van der Waals surface area contributed by atoms with E-state index in [0.29, 0.717) is 17.2 Å². The number of anilines is 2. The number of aryl methyl sites for hydroxylation is 2. The quantitative estimate of drug-likeness (QED) is 0.696. The van der Waals surface area contributed by atoms with Crippen LogP contribution in [0.15, 0.2) is 42.5 Å². The van der Waals surface area contributed by atoms with Gasteiger partial charge < -0.3 is 5.32 Å². The maximum atomic E-state index is 13.3. The summed E-state index contributed by atoms with van der Waals surface area (Å²) in [6.45, 7) is 6.25. The Morgan fingerprint density at radius 3 is 2.26 bits per heavy atom. The number of hydrogen-bond donors (Lipinski definition) is 1. The van der Waals surface area contributed by atoms with Crippen LogP contribution in [-0.2, 0) is 22.4 Å². The number of carbonyl (C=O) groups is 3. The van der Waals surface area contributed by atoms with Gasteiger partial charge in [0.15, 0.2) is 0 Å². The highest BCUT2D eigenvalue weighted by Crippen LogP contribution is 2.43. The van der Waals surface area contributed by atoms with Crippen molar-refractivity contribution in [1.82, 2.24) is 0 Å². The van der Waals surface area contributed by atoms with E-state index in [1.54, 1.807) is 24.3 Å². The van der Waals surface area contributed by atoms with Crippen LogP contribution in [0, 0.1) is 17.8 Å². The Labute approximate surface area is 183 Å². The summed E-state index contributed by atoms with van der Waals surface area (Å²) in [4.78, 5) is 41.0. The lowest BCUT2D eigenvalue weighted by molar-refractivity contribution is -0.122. The van der Waals surface area contributed by atoms with Crippen LogP contribution in [0.1, 0.15) is 61.5 Å². The van der Waals surface area contributed by atoms with E-state index in [0.717, 1.165) is 48.9 Å². The molecule has 3 atom stereocenters. The SMILES string of the molecule is CCc1cccc(CC)c1NC(=O)c1ccccc1N1C(=O)[C@@H]2CC[C@H](C)C[C@H]2C1=O. The predicted molar refractivity (Wildman–Crippen MR) is 122 cm³/mol. The maximum absolute atomic E-state index is 13.3. The summed E-state index contributed by atoms with van der Waals surface area (Å²) in [5.74, 6) is -0.702. The van der Waals surface area contributed by atoms with Crippen molar-refractivity contribution in [3.05, 3.63) is 59.2 Å². The first-order valence-electron chi connectivity index (χ1n) is 11.3. The largest absolute Gasteiger partial charge is 0.321 e. The summed E-state index contributed by atoms with van der Waals surface area (Å²) in [6, 6.07) is 13.0. The summed E-state index contributed by atoms with van der Waals surface area (Å²) >= 11 is 0. The van der Waals surface area contributed by atoms with Crippen molar-refractivity contribution >= 4 is 29.1 Å². The molecule has 162 valence electrons. The smallest absolute Gasteiger partial charge is 0.257 e. The molecule has 0 bridgehead atoms. The van der Waals surface area contributed by atoms with Crippen molar-refractivity contribution in [2.45, 2.75) is 52.9 Å². The van der Waals surface area contributed by atoms with Gasteiger partial charge in [-0.3, -0.25) is 14.4 Å². The summed E-state index contributed by atoms with van der Waals surface area (Å²) in [5.41, 5.74) is 3.71. The molecule has 2 aromatic carbocycles. The molecule has 1 N–H and O–H groups in total. The van der Waals surface area contributed by atoms with Gasteiger partial charge >= 0.3 is 0 Å². The second-order valence-corrected chi connectivity index (χ2v) is 8.77. The van der Waals surface area contributed by atoms with Gasteiger partial charge in [0, 0.05) is 5.69 Å². The van der Waals surface area contributed by atoms with Crippen LogP contribution in [0.2, 0.25) is 0 Å². The minimum Gasteiger partial charge on any atom is -0.321 e. The van der Waals surface area contributed by atoms with E-state index in [4.69, 9.17) is 0 Å². The summed E-state index contributed by atoms with van der Waals surface area (Å²) in [6.07, 6.45) is 4.05. The number of carbonyl (C=O) groups excluding carboxylic acids is 3. The van der Waals surface area contributed by atoms with Gasteiger partial charge in [0.25, 0.3) is 5.91 Å². The number of nitrogens with zero attached hydrogens (tertiary/aromatic N) is 1. The molecular formula is C26H30N2O3. The monoisotopic (exact) mass is 418 g/mol. The van der Waals surface area contributed by atoms with Crippen molar-refractivity contribution in [1.29, 1.82) is 0 Å². The fourth-order valence-corrected chi connectivity index (χ4v) is 5.07. The Morgan fingerprint density at radius 2 is 1.58 bits per heavy atom. The number of para-hydroxylation sites is 2. The molecular weight excluding hydrogens is 388 g/mol. The van der Waals surface area contributed by atoms with Crippen LogP contribution in [0.25, 0.3) is 0 Å². The minimum atomic E-state index is -0.296. The highest BCUT2D eigenvalue weighted by molar-refractivity contribution is 6.24. The summed E-state index contributed by atoms with van der Waals surface area (Å²) in [5, 5.41) is 3.07. The highest BCUT2D eigenvalue weighted by Gasteiger charge is 2.50. The first kappa shape index (κ1) is 21.3. The molecule has 2 fully saturated rings. The van der Waals surface area contributed by atoms with Crippen LogP contribution in [0.5, 0.6) is 0 Å². The van der Waals surface area contributed by atoms with E-state index in [9.17, 15) is 14.4 Å². The van der Waals surface area contributed by atoms with Gasteiger partial charge in [-0.2, -0.15) is 0 Å². The zero-order valence-electron chi connectivity index (χ0n) is 18.5. The second kappa shape index (κ2) is 8.66. The molecule has 31 heavy (non-hydrogen) atoms. The van der Waals surface area contributed by atoms with E-state index in [2.05, 4.69) is 26.1 Å². The molecule has 0 spiro atoms. The maximum Gasteiger partial charge on any atom is 0.257 e. The average molecular weight is 419 g/mol. The molecule has 1 heterocycles. The molecule has 2 aromatic rings. The number of amides is 3. The van der Waals surface area contributed by atoms with Gasteiger partial charge in [0.1, 0.15) is 0 Å². The molecule has 1 aliphatic carbocycles. The molecule has 1 saturated carbocycles. The van der Waals surface area contributed by atoms with Crippen molar-refractivity contribution in [2.75, 3.05) is 10.2 Å². The van der Waals surface area contributed by atoms with Gasteiger partial charge in [-0.1, -0.05) is 51.1 Å². The van der Waals surface area contributed by atoms with Gasteiger partial charge in [-0.05, 0) is 61.3 Å². The first-order chi connectivity index (χ1) is 15.0. The molecule has 0 radical (unpaired) electrons. The third-order valence-electron chi connectivity index (χ3n) is 6.81. The Hall–Kier alpha value is -2.95. The van der Waals surface area contributed by atoms with Gasteiger partial charge in [-0.25, -0.2) is 4.90 Å². The third kappa shape index (κ3) is 3.78. The molecule has 3 amide bonds. The highest BCUT2D eigenvalue weighted by atomic mass is 16.2.